The van der Waals surface area contributed by atoms with Crippen molar-refractivity contribution in [1.82, 2.24) is 10.2 Å². The first-order chi connectivity index (χ1) is 10.4. The van der Waals surface area contributed by atoms with E-state index in [4.69, 9.17) is 11.6 Å². The molecule has 22 heavy (non-hydrogen) atoms. The zero-order valence-corrected chi connectivity index (χ0v) is 15.5. The van der Waals surface area contributed by atoms with E-state index in [1.165, 1.54) is 31.2 Å². The number of nitrogens with zero attached hydrogens (tertiary/aromatic N) is 1. The van der Waals surface area contributed by atoms with Crippen LogP contribution >= 0.6 is 11.6 Å². The molecule has 1 fully saturated rings. The molecule has 1 aromatic rings. The lowest BCUT2D eigenvalue weighted by Gasteiger charge is -2.49. The third-order valence-electron chi connectivity index (χ3n) is 5.35. The molecule has 0 saturated heterocycles. The van der Waals surface area contributed by atoms with Crippen LogP contribution in [0, 0.1) is 5.92 Å². The van der Waals surface area contributed by atoms with Gasteiger partial charge in [0, 0.05) is 22.6 Å². The SMILES string of the molecule is CCC1CC(c2ccc(Cl)cc2)(N(C)C)CCC1NC(C)C. The topological polar surface area (TPSA) is 15.3 Å². The predicted molar refractivity (Wildman–Crippen MR) is 96.5 cm³/mol. The Morgan fingerprint density at radius 2 is 1.91 bits per heavy atom. The second-order valence-corrected chi connectivity index (χ2v) is 7.71. The number of halogens is 1. The molecule has 0 aromatic heterocycles. The Morgan fingerprint density at radius 1 is 1.27 bits per heavy atom. The molecule has 0 amide bonds. The molecule has 0 aliphatic heterocycles. The standard InChI is InChI=1S/C19H31ClN2/c1-6-15-13-19(22(4)5,12-11-18(15)21-14(2)3)16-7-9-17(20)10-8-16/h7-10,14-15,18,21H,6,11-13H2,1-5H3. The van der Waals surface area contributed by atoms with Gasteiger partial charge in [-0.2, -0.15) is 0 Å². The minimum atomic E-state index is 0.139. The highest BCUT2D eigenvalue weighted by Crippen LogP contribution is 2.44. The lowest BCUT2D eigenvalue weighted by molar-refractivity contribution is 0.0470. The Morgan fingerprint density at radius 3 is 2.41 bits per heavy atom. The second kappa shape index (κ2) is 7.33. The fourth-order valence-electron chi connectivity index (χ4n) is 4.07. The van der Waals surface area contributed by atoms with Gasteiger partial charge in [0.1, 0.15) is 0 Å². The van der Waals surface area contributed by atoms with Crippen molar-refractivity contribution in [2.75, 3.05) is 14.1 Å². The van der Waals surface area contributed by atoms with Crippen molar-refractivity contribution in [3.63, 3.8) is 0 Å². The van der Waals surface area contributed by atoms with Crippen LogP contribution in [-0.2, 0) is 5.54 Å². The van der Waals surface area contributed by atoms with E-state index < -0.39 is 0 Å². The Kier molecular flexibility index (Phi) is 5.93. The molecule has 3 atom stereocenters. The fraction of sp³-hybridized carbons (Fsp3) is 0.684. The van der Waals surface area contributed by atoms with Gasteiger partial charge in [-0.1, -0.05) is 50.9 Å². The van der Waals surface area contributed by atoms with Gasteiger partial charge >= 0.3 is 0 Å². The minimum Gasteiger partial charge on any atom is -0.312 e. The maximum absolute atomic E-state index is 6.09. The largest absolute Gasteiger partial charge is 0.312 e. The van der Waals surface area contributed by atoms with E-state index in [1.807, 2.05) is 12.1 Å². The summed E-state index contributed by atoms with van der Waals surface area (Å²) in [7, 11) is 4.44. The molecule has 0 spiro atoms. The van der Waals surface area contributed by atoms with Crippen LogP contribution in [0.4, 0.5) is 0 Å². The normalized spacial score (nSPS) is 29.3. The van der Waals surface area contributed by atoms with E-state index in [0.717, 1.165) is 5.02 Å². The van der Waals surface area contributed by atoms with Gasteiger partial charge in [0.25, 0.3) is 0 Å². The molecular formula is C19H31ClN2. The van der Waals surface area contributed by atoms with Crippen LogP contribution in [0.15, 0.2) is 24.3 Å². The molecular weight excluding hydrogens is 292 g/mol. The van der Waals surface area contributed by atoms with Crippen molar-refractivity contribution in [3.8, 4) is 0 Å². The van der Waals surface area contributed by atoms with Gasteiger partial charge < -0.3 is 5.32 Å². The predicted octanol–water partition coefficient (Wildman–Crippen LogP) is 4.67. The molecule has 2 rings (SSSR count). The first kappa shape index (κ1) is 17.8. The van der Waals surface area contributed by atoms with E-state index in [9.17, 15) is 0 Å². The third kappa shape index (κ3) is 3.67. The van der Waals surface area contributed by atoms with Crippen LogP contribution in [0.2, 0.25) is 5.02 Å². The molecule has 3 unspecified atom stereocenters. The summed E-state index contributed by atoms with van der Waals surface area (Å²) in [6, 6.07) is 9.69. The van der Waals surface area contributed by atoms with Crippen molar-refractivity contribution in [1.29, 1.82) is 0 Å². The Bertz CT molecular complexity index is 469. The first-order valence-electron chi connectivity index (χ1n) is 8.58. The highest BCUT2D eigenvalue weighted by atomic mass is 35.5. The van der Waals surface area contributed by atoms with Crippen molar-refractivity contribution < 1.29 is 0 Å². The van der Waals surface area contributed by atoms with Crippen molar-refractivity contribution in [2.45, 2.75) is 64.1 Å². The van der Waals surface area contributed by atoms with E-state index in [-0.39, 0.29) is 5.54 Å². The second-order valence-electron chi connectivity index (χ2n) is 7.27. The van der Waals surface area contributed by atoms with Crippen LogP contribution in [0.25, 0.3) is 0 Å². The average Bonchev–Trinajstić information content (AvgIpc) is 2.48. The number of hydrogen-bond acceptors (Lipinski definition) is 2. The molecule has 3 heteroatoms. The van der Waals surface area contributed by atoms with Gasteiger partial charge in [0.15, 0.2) is 0 Å². The van der Waals surface area contributed by atoms with Gasteiger partial charge in [-0.05, 0) is 57.0 Å². The van der Waals surface area contributed by atoms with Crippen LogP contribution in [0.5, 0.6) is 0 Å². The van der Waals surface area contributed by atoms with Gasteiger partial charge in [-0.25, -0.2) is 0 Å². The Hall–Kier alpha value is -0.570. The van der Waals surface area contributed by atoms with Crippen molar-refractivity contribution in [2.24, 2.45) is 5.92 Å². The molecule has 0 radical (unpaired) electrons. The highest BCUT2D eigenvalue weighted by molar-refractivity contribution is 6.30. The molecule has 1 aliphatic carbocycles. The van der Waals surface area contributed by atoms with Gasteiger partial charge in [0.2, 0.25) is 0 Å². The van der Waals surface area contributed by atoms with Crippen LogP contribution in [0.3, 0.4) is 0 Å². The summed E-state index contributed by atoms with van der Waals surface area (Å²) in [5.74, 6) is 0.717. The van der Waals surface area contributed by atoms with Crippen molar-refractivity contribution in [3.05, 3.63) is 34.9 Å². The maximum Gasteiger partial charge on any atom is 0.0458 e. The molecule has 0 heterocycles. The van der Waals surface area contributed by atoms with E-state index in [2.05, 4.69) is 57.2 Å². The molecule has 2 nitrogen and oxygen atoms in total. The summed E-state index contributed by atoms with van der Waals surface area (Å²) in [6.07, 6.45) is 4.87. The van der Waals surface area contributed by atoms with Crippen molar-refractivity contribution >= 4 is 11.6 Å². The maximum atomic E-state index is 6.09. The van der Waals surface area contributed by atoms with Crippen LogP contribution < -0.4 is 5.32 Å². The summed E-state index contributed by atoms with van der Waals surface area (Å²) in [6.45, 7) is 6.83. The first-order valence-corrected chi connectivity index (χ1v) is 8.96. The van der Waals surface area contributed by atoms with E-state index in [0.29, 0.717) is 18.0 Å². The third-order valence-corrected chi connectivity index (χ3v) is 5.60. The smallest absolute Gasteiger partial charge is 0.0458 e. The van der Waals surface area contributed by atoms with Crippen LogP contribution in [-0.4, -0.2) is 31.1 Å². The number of hydrogen-bond donors (Lipinski definition) is 1. The lowest BCUT2D eigenvalue weighted by Crippen LogP contribution is -2.52. The number of nitrogens with one attached hydrogen (secondary N) is 1. The average molecular weight is 323 g/mol. The van der Waals surface area contributed by atoms with E-state index >= 15 is 0 Å². The fourth-order valence-corrected chi connectivity index (χ4v) is 4.20. The molecule has 1 aliphatic rings. The Balaban J connectivity index is 2.28. The quantitative estimate of drug-likeness (QED) is 0.847. The van der Waals surface area contributed by atoms with Crippen LogP contribution in [0.1, 0.15) is 52.0 Å². The summed E-state index contributed by atoms with van der Waals surface area (Å²) in [4.78, 5) is 2.42. The number of rotatable bonds is 5. The molecule has 0 bridgehead atoms. The van der Waals surface area contributed by atoms with Gasteiger partial charge in [-0.3, -0.25) is 4.90 Å². The van der Waals surface area contributed by atoms with E-state index in [1.54, 1.807) is 0 Å². The molecule has 1 aromatic carbocycles. The summed E-state index contributed by atoms with van der Waals surface area (Å²) in [5.41, 5.74) is 1.55. The van der Waals surface area contributed by atoms with Gasteiger partial charge in [0.05, 0.1) is 0 Å². The summed E-state index contributed by atoms with van der Waals surface area (Å²) < 4.78 is 0. The lowest BCUT2D eigenvalue weighted by atomic mass is 9.68. The zero-order valence-electron chi connectivity index (χ0n) is 14.7. The summed E-state index contributed by atoms with van der Waals surface area (Å²) in [5, 5.41) is 4.60. The minimum absolute atomic E-state index is 0.139. The monoisotopic (exact) mass is 322 g/mol. The molecule has 1 N–H and O–H groups in total. The molecule has 1 saturated carbocycles. The van der Waals surface area contributed by atoms with Gasteiger partial charge in [-0.15, -0.1) is 0 Å². The Labute approximate surface area is 141 Å². The molecule has 124 valence electrons. The highest BCUT2D eigenvalue weighted by Gasteiger charge is 2.42. The number of benzene rings is 1. The summed E-state index contributed by atoms with van der Waals surface area (Å²) >= 11 is 6.09. The zero-order chi connectivity index (χ0) is 16.3.